The molecule has 0 unspecified atom stereocenters. The summed E-state index contributed by atoms with van der Waals surface area (Å²) in [6.07, 6.45) is 3.49. The van der Waals surface area contributed by atoms with Crippen molar-refractivity contribution in [1.82, 2.24) is 0 Å². The Morgan fingerprint density at radius 1 is 0.474 bits per heavy atom. The molecule has 6 nitrogen and oxygen atoms in total. The van der Waals surface area contributed by atoms with Crippen LogP contribution in [0.25, 0.3) is 33.6 Å². The molecule has 4 N–H and O–H groups in total. The first kappa shape index (κ1) is 24.3. The molecule has 0 radical (unpaired) electrons. The Morgan fingerprint density at radius 3 is 0.842 bits per heavy atom. The minimum absolute atomic E-state index is 0. The zero-order valence-corrected chi connectivity index (χ0v) is 12.7. The van der Waals surface area contributed by atoms with Gasteiger partial charge in [-0.15, -0.1) is 0 Å². The SMILES string of the molecule is [NH-]CCC[N-]CCC[NH-].[NH-]CCC[N-]CCC[NH-].[Ni+2]. The van der Waals surface area contributed by atoms with Gasteiger partial charge in [-0.25, -0.2) is 0 Å². The fourth-order valence-corrected chi connectivity index (χ4v) is 0.987. The van der Waals surface area contributed by atoms with E-state index in [1.807, 2.05) is 0 Å². The van der Waals surface area contributed by atoms with Gasteiger partial charge < -0.3 is 33.6 Å². The predicted octanol–water partition coefficient (Wildman–Crippen LogP) is 4.49. The maximum Gasteiger partial charge on any atom is 2.00 e. The van der Waals surface area contributed by atoms with E-state index in [2.05, 4.69) is 10.6 Å². The van der Waals surface area contributed by atoms with Crippen LogP contribution >= 0.6 is 0 Å². The van der Waals surface area contributed by atoms with Gasteiger partial charge in [0.05, 0.1) is 0 Å². The first-order chi connectivity index (χ1) is 8.83. The number of nitrogens with zero attached hydrogens (tertiary/aromatic N) is 2. The minimum Gasteiger partial charge on any atom is -0.677 e. The molecule has 7 heteroatoms. The van der Waals surface area contributed by atoms with Crippen molar-refractivity contribution in [1.29, 1.82) is 0 Å². The monoisotopic (exact) mass is 314 g/mol. The molecule has 0 aliphatic rings. The molecular formula is C12H28N6Ni-4. The van der Waals surface area contributed by atoms with Crippen LogP contribution in [0.4, 0.5) is 0 Å². The summed E-state index contributed by atoms with van der Waals surface area (Å²) in [6.45, 7) is 5.14. The van der Waals surface area contributed by atoms with Gasteiger partial charge in [0.25, 0.3) is 0 Å². The molecule has 19 heavy (non-hydrogen) atoms. The van der Waals surface area contributed by atoms with Crippen LogP contribution in [0.5, 0.6) is 0 Å². The zero-order valence-electron chi connectivity index (χ0n) is 11.7. The largest absolute Gasteiger partial charge is 2.00 e. The van der Waals surface area contributed by atoms with E-state index in [-0.39, 0.29) is 16.5 Å². The van der Waals surface area contributed by atoms with Gasteiger partial charge in [-0.3, -0.25) is 0 Å². The molecule has 0 atom stereocenters. The molecule has 0 amide bonds. The molecule has 0 saturated carbocycles. The van der Waals surface area contributed by atoms with Crippen molar-refractivity contribution in [2.45, 2.75) is 25.7 Å². The van der Waals surface area contributed by atoms with E-state index in [0.29, 0.717) is 26.2 Å². The Kier molecular flexibility index (Phi) is 34.2. The summed E-state index contributed by atoms with van der Waals surface area (Å²) in [5.41, 5.74) is 27.1. The van der Waals surface area contributed by atoms with Crippen molar-refractivity contribution >= 4 is 0 Å². The average Bonchev–Trinajstić information content (AvgIpc) is 2.39. The molecule has 120 valence electrons. The predicted molar refractivity (Wildman–Crippen MR) is 81.4 cm³/mol. The smallest absolute Gasteiger partial charge is 0.677 e. The fourth-order valence-electron chi connectivity index (χ4n) is 0.987. The minimum atomic E-state index is 0. The zero-order chi connectivity index (χ0) is 13.9. The summed E-state index contributed by atoms with van der Waals surface area (Å²) >= 11 is 0. The maximum atomic E-state index is 6.79. The van der Waals surface area contributed by atoms with Gasteiger partial charge in [-0.2, -0.15) is 52.4 Å². The van der Waals surface area contributed by atoms with Crippen LogP contribution in [0.1, 0.15) is 25.7 Å². The van der Waals surface area contributed by atoms with Crippen LogP contribution in [0.15, 0.2) is 0 Å². The number of rotatable bonds is 12. The van der Waals surface area contributed by atoms with Gasteiger partial charge in [0.1, 0.15) is 0 Å². The Balaban J connectivity index is -0.000000256. The molecule has 0 aromatic carbocycles. The molecule has 0 aromatic heterocycles. The summed E-state index contributed by atoms with van der Waals surface area (Å²) in [5, 5.41) is 8.22. The summed E-state index contributed by atoms with van der Waals surface area (Å²) in [5.74, 6) is 0. The maximum absolute atomic E-state index is 6.79. The Morgan fingerprint density at radius 2 is 0.684 bits per heavy atom. The quantitative estimate of drug-likeness (QED) is 0.372. The third-order valence-corrected chi connectivity index (χ3v) is 1.97. The first-order valence-electron chi connectivity index (χ1n) is 6.68. The molecule has 0 rings (SSSR count). The summed E-state index contributed by atoms with van der Waals surface area (Å²) < 4.78 is 0. The van der Waals surface area contributed by atoms with Crippen molar-refractivity contribution in [3.63, 3.8) is 0 Å². The van der Waals surface area contributed by atoms with E-state index in [4.69, 9.17) is 22.9 Å². The van der Waals surface area contributed by atoms with Gasteiger partial charge in [-0.05, 0) is 0 Å². The van der Waals surface area contributed by atoms with Gasteiger partial charge in [-0.1, -0.05) is 25.7 Å². The van der Waals surface area contributed by atoms with E-state index < -0.39 is 0 Å². The Bertz CT molecular complexity index is 103. The van der Waals surface area contributed by atoms with Crippen LogP contribution in [0.3, 0.4) is 0 Å². The van der Waals surface area contributed by atoms with Crippen LogP contribution in [0, 0.1) is 0 Å². The third-order valence-electron chi connectivity index (χ3n) is 1.97. The second kappa shape index (κ2) is 26.7. The molecule has 0 aliphatic heterocycles. The van der Waals surface area contributed by atoms with Gasteiger partial charge in [0, 0.05) is 0 Å². The normalized spacial score (nSPS) is 9.47. The van der Waals surface area contributed by atoms with E-state index in [1.54, 1.807) is 0 Å². The van der Waals surface area contributed by atoms with Crippen molar-refractivity contribution in [2.24, 2.45) is 0 Å². The van der Waals surface area contributed by atoms with Crippen LogP contribution in [-0.2, 0) is 16.5 Å². The molecule has 0 aromatic rings. The van der Waals surface area contributed by atoms with Crippen molar-refractivity contribution in [3.05, 3.63) is 33.6 Å². The molecule has 0 fully saturated rings. The van der Waals surface area contributed by atoms with E-state index >= 15 is 0 Å². The van der Waals surface area contributed by atoms with Crippen LogP contribution in [0.2, 0.25) is 0 Å². The van der Waals surface area contributed by atoms with Gasteiger partial charge in [0.15, 0.2) is 0 Å². The first-order valence-corrected chi connectivity index (χ1v) is 6.68. The molecular weight excluding hydrogens is 287 g/mol. The van der Waals surface area contributed by atoms with E-state index in [0.717, 1.165) is 51.9 Å². The van der Waals surface area contributed by atoms with Crippen molar-refractivity contribution in [3.8, 4) is 0 Å². The number of hydrogen-bond acceptors (Lipinski definition) is 0. The molecule has 0 heterocycles. The van der Waals surface area contributed by atoms with Crippen LogP contribution in [-0.4, -0.2) is 52.4 Å². The van der Waals surface area contributed by atoms with Crippen LogP contribution < -0.4 is 0 Å². The Labute approximate surface area is 128 Å². The standard InChI is InChI=1S/2C6H14N3.Ni/c2*7-3-1-5-9-6-2-4-8;/h2*7-8H,1-6H2;/q2*-3;+2. The summed E-state index contributed by atoms with van der Waals surface area (Å²) in [7, 11) is 0. The summed E-state index contributed by atoms with van der Waals surface area (Å²) in [6, 6.07) is 0. The third kappa shape index (κ3) is 32.1. The molecule has 0 saturated heterocycles. The Hall–Kier alpha value is 0.254. The van der Waals surface area contributed by atoms with E-state index in [9.17, 15) is 0 Å². The van der Waals surface area contributed by atoms with Crippen molar-refractivity contribution in [2.75, 3.05) is 52.4 Å². The average molecular weight is 315 g/mol. The second-order valence-electron chi connectivity index (χ2n) is 3.76. The number of hydrogen-bond donors (Lipinski definition) is 0. The molecule has 0 spiro atoms. The second-order valence-corrected chi connectivity index (χ2v) is 3.76. The van der Waals surface area contributed by atoms with Gasteiger partial charge >= 0.3 is 16.5 Å². The van der Waals surface area contributed by atoms with Crippen molar-refractivity contribution < 1.29 is 16.5 Å². The summed E-state index contributed by atoms with van der Waals surface area (Å²) in [4.78, 5) is 0. The number of nitrogens with one attached hydrogen (secondary N) is 4. The van der Waals surface area contributed by atoms with E-state index in [1.165, 1.54) is 0 Å². The topological polar surface area (TPSA) is 123 Å². The molecule has 0 aliphatic carbocycles. The molecule has 0 bridgehead atoms. The fraction of sp³-hybridized carbons (Fsp3) is 1.00. The van der Waals surface area contributed by atoms with Gasteiger partial charge in [0.2, 0.25) is 0 Å².